The third kappa shape index (κ3) is 2.27. The van der Waals surface area contributed by atoms with E-state index in [1.54, 1.807) is 4.68 Å². The highest BCUT2D eigenvalue weighted by Gasteiger charge is 2.38. The normalized spacial score (nSPS) is 23.3. The summed E-state index contributed by atoms with van der Waals surface area (Å²) in [6, 6.07) is 7.54. The van der Waals surface area contributed by atoms with Crippen molar-refractivity contribution >= 4 is 17.0 Å². The third-order valence-electron chi connectivity index (χ3n) is 3.99. The highest BCUT2D eigenvalue weighted by Crippen LogP contribution is 2.41. The first-order chi connectivity index (χ1) is 9.66. The smallest absolute Gasteiger partial charge is 0.302 e. The maximum Gasteiger partial charge on any atom is 0.302 e. The minimum Gasteiger partial charge on any atom is -0.466 e. The van der Waals surface area contributed by atoms with Crippen LogP contribution in [0.2, 0.25) is 0 Å². The number of benzene rings is 1. The van der Waals surface area contributed by atoms with Gasteiger partial charge in [0.05, 0.1) is 12.1 Å². The zero-order chi connectivity index (χ0) is 14.1. The minimum atomic E-state index is -0.725. The maximum absolute atomic E-state index is 10.9. The van der Waals surface area contributed by atoms with Crippen molar-refractivity contribution < 1.29 is 14.6 Å². The summed E-state index contributed by atoms with van der Waals surface area (Å²) in [5, 5.41) is 18.6. The lowest BCUT2D eigenvalue weighted by molar-refractivity contribution is -0.147. The first-order valence-electron chi connectivity index (χ1n) is 6.78. The zero-order valence-corrected chi connectivity index (χ0v) is 11.3. The van der Waals surface area contributed by atoms with E-state index in [9.17, 15) is 9.90 Å². The van der Waals surface area contributed by atoms with Gasteiger partial charge in [0.15, 0.2) is 6.23 Å². The molecule has 1 saturated carbocycles. The van der Waals surface area contributed by atoms with Gasteiger partial charge in [-0.05, 0) is 25.0 Å². The zero-order valence-electron chi connectivity index (χ0n) is 11.3. The Hall–Kier alpha value is -1.95. The fourth-order valence-electron chi connectivity index (χ4n) is 2.68. The van der Waals surface area contributed by atoms with E-state index in [0.717, 1.165) is 23.9 Å². The lowest BCUT2D eigenvalue weighted by atomic mass is 9.73. The number of carbonyl (C=O) groups is 1. The number of rotatable bonds is 4. The van der Waals surface area contributed by atoms with Crippen molar-refractivity contribution in [1.82, 2.24) is 15.0 Å². The average molecular weight is 275 g/mol. The summed E-state index contributed by atoms with van der Waals surface area (Å²) in [5.74, 6) is -0.0346. The van der Waals surface area contributed by atoms with Crippen LogP contribution < -0.4 is 0 Å². The molecule has 1 fully saturated rings. The number of para-hydroxylation sites is 1. The van der Waals surface area contributed by atoms with Gasteiger partial charge in [0.2, 0.25) is 0 Å². The van der Waals surface area contributed by atoms with Gasteiger partial charge in [0.25, 0.3) is 0 Å². The Bertz CT molecular complexity index is 625. The standard InChI is InChI=1S/C14H17N3O3/c1-9(18)20-8-10-6-7-11(10)14(19)17-13-5-3-2-4-12(13)15-16-17/h2-5,10-11,14,19H,6-8H2,1H3/t10-,11?,14?/m0/s1. The number of hydrogen-bond acceptors (Lipinski definition) is 5. The van der Waals surface area contributed by atoms with Gasteiger partial charge in [-0.2, -0.15) is 0 Å². The molecule has 1 aromatic heterocycles. The van der Waals surface area contributed by atoms with Crippen LogP contribution in [0, 0.1) is 11.8 Å². The Morgan fingerprint density at radius 2 is 2.30 bits per heavy atom. The average Bonchev–Trinajstić information content (AvgIpc) is 2.81. The number of aliphatic hydroxyl groups excluding tert-OH is 1. The molecule has 0 spiro atoms. The number of ether oxygens (including phenoxy) is 1. The summed E-state index contributed by atoms with van der Waals surface area (Å²) in [7, 11) is 0. The molecule has 0 amide bonds. The van der Waals surface area contributed by atoms with Gasteiger partial charge in [-0.15, -0.1) is 5.10 Å². The van der Waals surface area contributed by atoms with Crippen LogP contribution in [0.25, 0.3) is 11.0 Å². The van der Waals surface area contributed by atoms with E-state index in [1.807, 2.05) is 24.3 Å². The summed E-state index contributed by atoms with van der Waals surface area (Å²) in [5.41, 5.74) is 1.58. The number of hydrogen-bond donors (Lipinski definition) is 1. The molecule has 106 valence electrons. The van der Waals surface area contributed by atoms with Gasteiger partial charge < -0.3 is 9.84 Å². The van der Waals surface area contributed by atoms with E-state index >= 15 is 0 Å². The molecule has 3 atom stereocenters. The predicted molar refractivity (Wildman–Crippen MR) is 71.6 cm³/mol. The van der Waals surface area contributed by atoms with E-state index in [2.05, 4.69) is 10.3 Å². The number of aliphatic hydroxyl groups is 1. The molecule has 1 aliphatic carbocycles. The molecule has 0 saturated heterocycles. The van der Waals surface area contributed by atoms with Crippen molar-refractivity contribution in [2.75, 3.05) is 6.61 Å². The molecule has 2 aromatic rings. The van der Waals surface area contributed by atoms with Crippen LogP contribution in [0.1, 0.15) is 26.0 Å². The van der Waals surface area contributed by atoms with Gasteiger partial charge >= 0.3 is 5.97 Å². The summed E-state index contributed by atoms with van der Waals surface area (Å²) < 4.78 is 6.59. The number of nitrogens with zero attached hydrogens (tertiary/aromatic N) is 3. The van der Waals surface area contributed by atoms with E-state index in [4.69, 9.17) is 4.74 Å². The van der Waals surface area contributed by atoms with Crippen molar-refractivity contribution in [3.63, 3.8) is 0 Å². The van der Waals surface area contributed by atoms with Crippen LogP contribution in [0.15, 0.2) is 24.3 Å². The molecule has 1 heterocycles. The Kier molecular flexibility index (Phi) is 3.40. The second-order valence-corrected chi connectivity index (χ2v) is 5.24. The van der Waals surface area contributed by atoms with Gasteiger partial charge in [-0.1, -0.05) is 17.3 Å². The molecule has 6 heteroatoms. The quantitative estimate of drug-likeness (QED) is 0.856. The summed E-state index contributed by atoms with van der Waals surface area (Å²) >= 11 is 0. The van der Waals surface area contributed by atoms with E-state index in [0.29, 0.717) is 6.61 Å². The molecular formula is C14H17N3O3. The molecule has 0 bridgehead atoms. The van der Waals surface area contributed by atoms with Crippen molar-refractivity contribution in [3.05, 3.63) is 24.3 Å². The molecule has 0 radical (unpaired) electrons. The summed E-state index contributed by atoms with van der Waals surface area (Å²) in [6.07, 6.45) is 1.14. The monoisotopic (exact) mass is 275 g/mol. The highest BCUT2D eigenvalue weighted by molar-refractivity contribution is 5.73. The fraction of sp³-hybridized carbons (Fsp3) is 0.500. The molecule has 20 heavy (non-hydrogen) atoms. The molecule has 3 rings (SSSR count). The lowest BCUT2D eigenvalue weighted by Crippen LogP contribution is -2.37. The van der Waals surface area contributed by atoms with Crippen molar-refractivity contribution in [2.45, 2.75) is 26.0 Å². The van der Waals surface area contributed by atoms with Gasteiger partial charge in [-0.25, -0.2) is 4.68 Å². The number of carbonyl (C=O) groups excluding carboxylic acids is 1. The van der Waals surface area contributed by atoms with E-state index in [1.165, 1.54) is 6.92 Å². The van der Waals surface area contributed by atoms with Crippen LogP contribution >= 0.6 is 0 Å². The molecule has 1 N–H and O–H groups in total. The Morgan fingerprint density at radius 1 is 1.50 bits per heavy atom. The highest BCUT2D eigenvalue weighted by atomic mass is 16.5. The lowest BCUT2D eigenvalue weighted by Gasteiger charge is -2.38. The largest absolute Gasteiger partial charge is 0.466 e. The van der Waals surface area contributed by atoms with Crippen LogP contribution in [0.4, 0.5) is 0 Å². The molecule has 1 aliphatic rings. The van der Waals surface area contributed by atoms with Crippen LogP contribution in [-0.4, -0.2) is 32.7 Å². The topological polar surface area (TPSA) is 77.2 Å². The maximum atomic E-state index is 10.9. The molecular weight excluding hydrogens is 258 g/mol. The van der Waals surface area contributed by atoms with Gasteiger partial charge in [-0.3, -0.25) is 4.79 Å². The summed E-state index contributed by atoms with van der Waals surface area (Å²) in [6.45, 7) is 1.76. The molecule has 1 aromatic carbocycles. The first kappa shape index (κ1) is 13.1. The van der Waals surface area contributed by atoms with Crippen molar-refractivity contribution in [1.29, 1.82) is 0 Å². The second-order valence-electron chi connectivity index (χ2n) is 5.24. The molecule has 0 aliphatic heterocycles. The number of fused-ring (bicyclic) bond motifs is 1. The Morgan fingerprint density at radius 3 is 3.00 bits per heavy atom. The van der Waals surface area contributed by atoms with Crippen molar-refractivity contribution in [3.8, 4) is 0 Å². The SMILES string of the molecule is CC(=O)OC[C@@H]1CCC1C(O)n1nnc2ccccc21. The van der Waals surface area contributed by atoms with Crippen molar-refractivity contribution in [2.24, 2.45) is 11.8 Å². The van der Waals surface area contributed by atoms with Crippen LogP contribution in [0.3, 0.4) is 0 Å². The Labute approximate surface area is 116 Å². The van der Waals surface area contributed by atoms with Crippen LogP contribution in [-0.2, 0) is 9.53 Å². The Balaban J connectivity index is 1.75. The van der Waals surface area contributed by atoms with Gasteiger partial charge in [0, 0.05) is 18.8 Å². The van der Waals surface area contributed by atoms with E-state index < -0.39 is 6.23 Å². The molecule has 2 unspecified atom stereocenters. The van der Waals surface area contributed by atoms with E-state index in [-0.39, 0.29) is 17.8 Å². The number of esters is 1. The second kappa shape index (κ2) is 5.20. The number of aromatic nitrogens is 3. The minimum absolute atomic E-state index is 0.0551. The summed E-state index contributed by atoms with van der Waals surface area (Å²) in [4.78, 5) is 10.9. The fourth-order valence-corrected chi connectivity index (χ4v) is 2.68. The van der Waals surface area contributed by atoms with Gasteiger partial charge in [0.1, 0.15) is 5.52 Å². The van der Waals surface area contributed by atoms with Crippen LogP contribution in [0.5, 0.6) is 0 Å². The first-order valence-corrected chi connectivity index (χ1v) is 6.78. The third-order valence-corrected chi connectivity index (χ3v) is 3.99. The predicted octanol–water partition coefficient (Wildman–Crippen LogP) is 1.51. The molecule has 6 nitrogen and oxygen atoms in total.